The molecule has 56 valence electrons. The molecule has 0 saturated carbocycles. The molecule has 0 unspecified atom stereocenters. The van der Waals surface area contributed by atoms with Crippen LogP contribution >= 0.6 is 35.8 Å². The third kappa shape index (κ3) is 8.56. The molecule has 0 aliphatic heterocycles. The number of carbonyl (C=O) groups excluding carboxylic acids is 1. The predicted octanol–water partition coefficient (Wildman–Crippen LogP) is 0.866. The number of carbonyl (C=O) groups is 1. The van der Waals surface area contributed by atoms with E-state index in [1.165, 1.54) is 11.8 Å². The quantitative estimate of drug-likeness (QED) is 0.671. The maximum Gasteiger partial charge on any atom is 0.203 e. The Bertz CT molecular complexity index is 81.0. The molecule has 0 aliphatic rings. The van der Waals surface area contributed by atoms with Crippen molar-refractivity contribution >= 4 is 40.9 Å². The van der Waals surface area contributed by atoms with Crippen molar-refractivity contribution in [3.05, 3.63) is 0 Å². The fraction of sp³-hybridized carbons (Fsp3) is 0.750. The number of halogens is 2. The highest BCUT2D eigenvalue weighted by atomic mass is 35.5. The van der Waals surface area contributed by atoms with Crippen LogP contribution in [0.3, 0.4) is 0 Å². The lowest BCUT2D eigenvalue weighted by Gasteiger charge is -1.90. The van der Waals surface area contributed by atoms with Gasteiger partial charge in [-0.1, -0.05) is 11.8 Å². The summed E-state index contributed by atoms with van der Waals surface area (Å²) in [6.07, 6.45) is 0. The van der Waals surface area contributed by atoms with Crippen LogP contribution in [0.4, 0.5) is 0 Å². The Balaban J connectivity index is 0. The van der Waals surface area contributed by atoms with Crippen LogP contribution < -0.4 is 5.73 Å². The van der Waals surface area contributed by atoms with Gasteiger partial charge in [-0.3, -0.25) is 4.79 Å². The molecule has 0 amide bonds. The van der Waals surface area contributed by atoms with Crippen molar-refractivity contribution < 1.29 is 4.79 Å². The molecule has 0 radical (unpaired) electrons. The van der Waals surface area contributed by atoms with E-state index in [-0.39, 0.29) is 23.4 Å². The summed E-state index contributed by atoms with van der Waals surface area (Å²) in [5.41, 5.74) is 5.12. The van der Waals surface area contributed by atoms with Gasteiger partial charge in [-0.25, -0.2) is 0 Å². The fourth-order valence-corrected chi connectivity index (χ4v) is 0.865. The molecule has 5 heteroatoms. The zero-order chi connectivity index (χ0) is 6.41. The molecule has 0 aromatic heterocycles. The zero-order valence-corrected chi connectivity index (χ0v) is 7.19. The third-order valence-electron chi connectivity index (χ3n) is 0.490. The smallest absolute Gasteiger partial charge is 0.203 e. The lowest BCUT2D eigenvalue weighted by molar-refractivity contribution is -0.108. The van der Waals surface area contributed by atoms with Gasteiger partial charge in [-0.15, -0.1) is 24.0 Å². The molecule has 0 fully saturated rings. The van der Waals surface area contributed by atoms with Gasteiger partial charge >= 0.3 is 0 Å². The Hall–Kier alpha value is 0.560. The summed E-state index contributed by atoms with van der Waals surface area (Å²) < 4.78 is 0. The van der Waals surface area contributed by atoms with Crippen molar-refractivity contribution in [3.8, 4) is 0 Å². The Morgan fingerprint density at radius 1 is 1.67 bits per heavy atom. The summed E-state index contributed by atoms with van der Waals surface area (Å²) >= 11 is 6.36. The second-order valence-corrected chi connectivity index (χ2v) is 2.56. The van der Waals surface area contributed by atoms with Gasteiger partial charge in [0, 0.05) is 12.3 Å². The molecule has 0 heterocycles. The van der Waals surface area contributed by atoms with Crippen LogP contribution in [-0.4, -0.2) is 23.3 Å². The molecule has 0 aromatic carbocycles. The maximum absolute atomic E-state index is 10.3. The normalized spacial score (nSPS) is 8.22. The summed E-state index contributed by atoms with van der Waals surface area (Å²) in [4.78, 5) is 10.3. The molecular formula is C4H9Cl2NOS. The monoisotopic (exact) mass is 189 g/mol. The lowest BCUT2D eigenvalue weighted by Crippen LogP contribution is -2.04. The van der Waals surface area contributed by atoms with Crippen LogP contribution in [0.2, 0.25) is 0 Å². The first-order valence-electron chi connectivity index (χ1n) is 2.23. The van der Waals surface area contributed by atoms with E-state index in [1.807, 2.05) is 0 Å². The highest BCUT2D eigenvalue weighted by Crippen LogP contribution is 2.00. The van der Waals surface area contributed by atoms with Crippen molar-refractivity contribution in [2.24, 2.45) is 5.73 Å². The molecule has 0 atom stereocenters. The van der Waals surface area contributed by atoms with Gasteiger partial charge in [0.05, 0.1) is 5.88 Å². The van der Waals surface area contributed by atoms with Crippen LogP contribution in [0.15, 0.2) is 0 Å². The van der Waals surface area contributed by atoms with Gasteiger partial charge < -0.3 is 5.73 Å². The number of nitrogens with two attached hydrogens (primary N) is 1. The molecule has 0 aromatic rings. The van der Waals surface area contributed by atoms with Crippen molar-refractivity contribution in [2.75, 3.05) is 18.2 Å². The number of hydrogen-bond acceptors (Lipinski definition) is 3. The molecule has 0 saturated heterocycles. The zero-order valence-electron chi connectivity index (χ0n) is 4.80. The highest BCUT2D eigenvalue weighted by Gasteiger charge is 1.95. The first kappa shape index (κ1) is 12.3. The standard InChI is InChI=1S/C4H8ClNOS.ClH/c5-3-4(7)8-2-1-6;/h1-3,6H2;1H. The minimum atomic E-state index is -0.00267. The predicted molar refractivity (Wildman–Crippen MR) is 44.5 cm³/mol. The molecule has 9 heavy (non-hydrogen) atoms. The van der Waals surface area contributed by atoms with Crippen molar-refractivity contribution in [3.63, 3.8) is 0 Å². The highest BCUT2D eigenvalue weighted by molar-refractivity contribution is 8.13. The third-order valence-corrected chi connectivity index (χ3v) is 1.80. The van der Waals surface area contributed by atoms with Gasteiger partial charge in [-0.05, 0) is 0 Å². The summed E-state index contributed by atoms with van der Waals surface area (Å²) in [5.74, 6) is 0.760. The van der Waals surface area contributed by atoms with Crippen LogP contribution in [0, 0.1) is 0 Å². The molecule has 0 bridgehead atoms. The van der Waals surface area contributed by atoms with Gasteiger partial charge in [-0.2, -0.15) is 0 Å². The van der Waals surface area contributed by atoms with Crippen LogP contribution in [0.5, 0.6) is 0 Å². The molecular weight excluding hydrogens is 181 g/mol. The van der Waals surface area contributed by atoms with E-state index < -0.39 is 0 Å². The van der Waals surface area contributed by atoms with Crippen LogP contribution in [0.25, 0.3) is 0 Å². The summed E-state index contributed by atoms with van der Waals surface area (Å²) in [7, 11) is 0. The average molecular weight is 190 g/mol. The SMILES string of the molecule is Cl.NCCSC(=O)CCl. The Labute approximate surface area is 69.9 Å². The van der Waals surface area contributed by atoms with E-state index in [0.717, 1.165) is 0 Å². The van der Waals surface area contributed by atoms with Crippen molar-refractivity contribution in [1.82, 2.24) is 0 Å². The molecule has 0 spiro atoms. The van der Waals surface area contributed by atoms with Crippen LogP contribution in [0.1, 0.15) is 0 Å². The topological polar surface area (TPSA) is 43.1 Å². The summed E-state index contributed by atoms with van der Waals surface area (Å²) in [5, 5.41) is -0.00267. The van der Waals surface area contributed by atoms with Crippen molar-refractivity contribution in [2.45, 2.75) is 0 Å². The van der Waals surface area contributed by atoms with E-state index in [1.54, 1.807) is 0 Å². The van der Waals surface area contributed by atoms with E-state index >= 15 is 0 Å². The van der Waals surface area contributed by atoms with Crippen LogP contribution in [-0.2, 0) is 4.79 Å². The minimum Gasteiger partial charge on any atom is -0.330 e. The first-order chi connectivity index (χ1) is 3.81. The Morgan fingerprint density at radius 3 is 2.56 bits per heavy atom. The average Bonchev–Trinajstić information content (AvgIpc) is 1.83. The Morgan fingerprint density at radius 2 is 2.22 bits per heavy atom. The lowest BCUT2D eigenvalue weighted by atomic mass is 10.8. The van der Waals surface area contributed by atoms with E-state index in [9.17, 15) is 4.79 Å². The molecule has 0 aliphatic carbocycles. The summed E-state index contributed by atoms with van der Waals surface area (Å²) in [6.45, 7) is 0.535. The van der Waals surface area contributed by atoms with E-state index in [4.69, 9.17) is 17.3 Å². The summed E-state index contributed by atoms with van der Waals surface area (Å²) in [6, 6.07) is 0. The number of alkyl halides is 1. The van der Waals surface area contributed by atoms with Gasteiger partial charge in [0.15, 0.2) is 0 Å². The molecule has 0 rings (SSSR count). The van der Waals surface area contributed by atoms with Gasteiger partial charge in [0.25, 0.3) is 0 Å². The van der Waals surface area contributed by atoms with E-state index in [0.29, 0.717) is 12.3 Å². The fourth-order valence-electron chi connectivity index (χ4n) is 0.211. The van der Waals surface area contributed by atoms with Gasteiger partial charge in [0.2, 0.25) is 5.12 Å². The van der Waals surface area contributed by atoms with E-state index in [2.05, 4.69) is 0 Å². The number of thioether (sulfide) groups is 1. The molecule has 2 N–H and O–H groups in total. The van der Waals surface area contributed by atoms with Gasteiger partial charge in [0.1, 0.15) is 0 Å². The largest absolute Gasteiger partial charge is 0.330 e. The second-order valence-electron chi connectivity index (χ2n) is 1.14. The second kappa shape index (κ2) is 8.56. The minimum absolute atomic E-state index is 0. The maximum atomic E-state index is 10.3. The molecule has 2 nitrogen and oxygen atoms in total. The Kier molecular flexibility index (Phi) is 11.7. The first-order valence-corrected chi connectivity index (χ1v) is 3.75. The number of rotatable bonds is 3. The van der Waals surface area contributed by atoms with Crippen molar-refractivity contribution in [1.29, 1.82) is 0 Å². The number of hydrogen-bond donors (Lipinski definition) is 1.